The molecule has 0 radical (unpaired) electrons. The van der Waals surface area contributed by atoms with Crippen LogP contribution in [0.5, 0.6) is 11.6 Å². The van der Waals surface area contributed by atoms with Gasteiger partial charge >= 0.3 is 12.3 Å². The second kappa shape index (κ2) is 6.55. The maximum atomic E-state index is 12.5. The number of hydrogen-bond donors (Lipinski definition) is 0. The minimum absolute atomic E-state index is 0.00527. The van der Waals surface area contributed by atoms with E-state index in [1.807, 2.05) is 0 Å². The first kappa shape index (κ1) is 16.6. The van der Waals surface area contributed by atoms with E-state index >= 15 is 0 Å². The first-order chi connectivity index (χ1) is 10.9. The van der Waals surface area contributed by atoms with Crippen molar-refractivity contribution >= 4 is 5.97 Å². The second-order valence-electron chi connectivity index (χ2n) is 4.32. The van der Waals surface area contributed by atoms with Crippen LogP contribution in [0.3, 0.4) is 0 Å². The van der Waals surface area contributed by atoms with Crippen LogP contribution in [0.1, 0.15) is 10.4 Å². The summed E-state index contributed by atoms with van der Waals surface area (Å²) in [5.74, 6) is -1.11. The number of halogens is 3. The molecule has 2 rings (SSSR count). The summed E-state index contributed by atoms with van der Waals surface area (Å²) in [4.78, 5) is 15.7. The van der Waals surface area contributed by atoms with Crippen LogP contribution in [-0.2, 0) is 4.74 Å². The fourth-order valence-corrected chi connectivity index (χ4v) is 1.94. The molecule has 0 aliphatic carbocycles. The van der Waals surface area contributed by atoms with Gasteiger partial charge in [-0.2, -0.15) is 0 Å². The Bertz CT molecular complexity index is 716. The number of alkyl halides is 3. The number of aromatic nitrogens is 1. The van der Waals surface area contributed by atoms with E-state index in [9.17, 15) is 18.0 Å². The van der Waals surface area contributed by atoms with Gasteiger partial charge in [-0.3, -0.25) is 0 Å². The molecule has 2 aromatic rings. The van der Waals surface area contributed by atoms with Crippen molar-refractivity contribution in [3.05, 3.63) is 42.1 Å². The molecule has 0 atom stereocenters. The number of ether oxygens (including phenoxy) is 3. The van der Waals surface area contributed by atoms with Crippen molar-refractivity contribution in [2.24, 2.45) is 0 Å². The molecule has 0 unspecified atom stereocenters. The van der Waals surface area contributed by atoms with Crippen LogP contribution in [0.2, 0.25) is 0 Å². The first-order valence-corrected chi connectivity index (χ1v) is 6.33. The van der Waals surface area contributed by atoms with E-state index in [4.69, 9.17) is 4.74 Å². The molecule has 0 spiro atoms. The summed E-state index contributed by atoms with van der Waals surface area (Å²) in [6.45, 7) is 0. The van der Waals surface area contributed by atoms with Crippen molar-refractivity contribution in [3.8, 4) is 22.8 Å². The molecule has 0 saturated carbocycles. The average Bonchev–Trinajstić information content (AvgIpc) is 2.52. The Kier molecular flexibility index (Phi) is 4.73. The molecule has 0 saturated heterocycles. The van der Waals surface area contributed by atoms with Crippen LogP contribution in [0.15, 0.2) is 36.5 Å². The average molecular weight is 327 g/mol. The molecule has 5 nitrogen and oxygen atoms in total. The van der Waals surface area contributed by atoms with E-state index in [1.54, 1.807) is 6.07 Å². The lowest BCUT2D eigenvalue weighted by molar-refractivity contribution is -0.274. The van der Waals surface area contributed by atoms with Gasteiger partial charge in [-0.25, -0.2) is 9.78 Å². The summed E-state index contributed by atoms with van der Waals surface area (Å²) >= 11 is 0. The van der Waals surface area contributed by atoms with Crippen LogP contribution in [0.25, 0.3) is 11.1 Å². The molecule has 1 aromatic carbocycles. The predicted molar refractivity (Wildman–Crippen MR) is 74.2 cm³/mol. The Hall–Kier alpha value is -2.77. The van der Waals surface area contributed by atoms with E-state index in [-0.39, 0.29) is 22.6 Å². The monoisotopic (exact) mass is 327 g/mol. The van der Waals surface area contributed by atoms with Gasteiger partial charge in [0.1, 0.15) is 11.3 Å². The SMILES string of the molecule is COC(=O)c1cc(-c2ccccc2OC(F)(F)F)cnc1OC. The molecule has 0 aliphatic heterocycles. The lowest BCUT2D eigenvalue weighted by Crippen LogP contribution is -2.17. The summed E-state index contributed by atoms with van der Waals surface area (Å²) in [5, 5.41) is 0. The zero-order valence-corrected chi connectivity index (χ0v) is 12.2. The number of hydrogen-bond acceptors (Lipinski definition) is 5. The van der Waals surface area contributed by atoms with Crippen LogP contribution in [-0.4, -0.2) is 31.5 Å². The maximum Gasteiger partial charge on any atom is 0.573 e. The molecule has 122 valence electrons. The molecule has 0 fully saturated rings. The largest absolute Gasteiger partial charge is 0.573 e. The third kappa shape index (κ3) is 3.91. The molecule has 8 heteroatoms. The van der Waals surface area contributed by atoms with Gasteiger partial charge in [0, 0.05) is 17.3 Å². The second-order valence-corrected chi connectivity index (χ2v) is 4.32. The summed E-state index contributed by atoms with van der Waals surface area (Å²) in [7, 11) is 2.49. The lowest BCUT2D eigenvalue weighted by atomic mass is 10.0. The van der Waals surface area contributed by atoms with Gasteiger partial charge in [-0.1, -0.05) is 18.2 Å². The first-order valence-electron chi connectivity index (χ1n) is 6.33. The molecular formula is C15H12F3NO4. The van der Waals surface area contributed by atoms with E-state index in [0.29, 0.717) is 0 Å². The Morgan fingerprint density at radius 1 is 1.17 bits per heavy atom. The van der Waals surface area contributed by atoms with E-state index in [0.717, 1.165) is 0 Å². The molecule has 1 heterocycles. The third-order valence-electron chi connectivity index (χ3n) is 2.87. The third-order valence-corrected chi connectivity index (χ3v) is 2.87. The van der Waals surface area contributed by atoms with Gasteiger partial charge in [-0.15, -0.1) is 13.2 Å². The number of rotatable bonds is 4. The van der Waals surface area contributed by atoms with Crippen molar-refractivity contribution in [1.29, 1.82) is 0 Å². The Balaban J connectivity index is 2.53. The number of carbonyl (C=O) groups excluding carboxylic acids is 1. The minimum Gasteiger partial charge on any atom is -0.480 e. The van der Waals surface area contributed by atoms with Crippen LogP contribution in [0, 0.1) is 0 Å². The van der Waals surface area contributed by atoms with Gasteiger partial charge in [-0.05, 0) is 12.1 Å². The molecule has 0 amide bonds. The van der Waals surface area contributed by atoms with Crippen LogP contribution < -0.4 is 9.47 Å². The Morgan fingerprint density at radius 3 is 2.48 bits per heavy atom. The number of pyridine rings is 1. The Morgan fingerprint density at radius 2 is 1.87 bits per heavy atom. The fraction of sp³-hybridized carbons (Fsp3) is 0.200. The number of carbonyl (C=O) groups is 1. The van der Waals surface area contributed by atoms with Gasteiger partial charge in [0.25, 0.3) is 0 Å². The lowest BCUT2D eigenvalue weighted by Gasteiger charge is -2.14. The van der Waals surface area contributed by atoms with Gasteiger partial charge in [0.2, 0.25) is 5.88 Å². The maximum absolute atomic E-state index is 12.5. The Labute approximate surface area is 129 Å². The molecule has 1 aromatic heterocycles. The zero-order chi connectivity index (χ0) is 17.0. The standard InChI is InChI=1S/C15H12F3NO4/c1-21-13-11(14(20)22-2)7-9(8-19-13)10-5-3-4-6-12(10)23-15(16,17)18/h3-8H,1-2H3. The van der Waals surface area contributed by atoms with E-state index < -0.39 is 18.1 Å². The molecule has 0 bridgehead atoms. The quantitative estimate of drug-likeness (QED) is 0.805. The van der Waals surface area contributed by atoms with Crippen LogP contribution in [0.4, 0.5) is 13.2 Å². The smallest absolute Gasteiger partial charge is 0.480 e. The highest BCUT2D eigenvalue weighted by Crippen LogP contribution is 2.34. The normalized spacial score (nSPS) is 11.0. The fourth-order valence-electron chi connectivity index (χ4n) is 1.94. The summed E-state index contributed by atoms with van der Waals surface area (Å²) in [6.07, 6.45) is -3.55. The zero-order valence-electron chi connectivity index (χ0n) is 12.2. The molecule has 0 aliphatic rings. The topological polar surface area (TPSA) is 57.7 Å². The highest BCUT2D eigenvalue weighted by atomic mass is 19.4. The van der Waals surface area contributed by atoms with Crippen molar-refractivity contribution in [2.75, 3.05) is 14.2 Å². The number of nitrogens with zero attached hydrogens (tertiary/aromatic N) is 1. The van der Waals surface area contributed by atoms with E-state index in [2.05, 4.69) is 14.5 Å². The van der Waals surface area contributed by atoms with Crippen molar-refractivity contribution in [1.82, 2.24) is 4.98 Å². The number of esters is 1. The molecule has 0 N–H and O–H groups in total. The highest BCUT2D eigenvalue weighted by Gasteiger charge is 2.32. The van der Waals surface area contributed by atoms with Crippen molar-refractivity contribution in [3.63, 3.8) is 0 Å². The van der Waals surface area contributed by atoms with E-state index in [1.165, 1.54) is 44.7 Å². The van der Waals surface area contributed by atoms with Crippen LogP contribution >= 0.6 is 0 Å². The summed E-state index contributed by atoms with van der Waals surface area (Å²) in [5.41, 5.74) is 0.380. The van der Waals surface area contributed by atoms with Gasteiger partial charge in [0.15, 0.2) is 0 Å². The predicted octanol–water partition coefficient (Wildman–Crippen LogP) is 3.44. The highest BCUT2D eigenvalue weighted by molar-refractivity contribution is 5.93. The molecular weight excluding hydrogens is 315 g/mol. The summed E-state index contributed by atoms with van der Waals surface area (Å²) in [6, 6.07) is 6.87. The minimum atomic E-state index is -4.83. The van der Waals surface area contributed by atoms with Gasteiger partial charge in [0.05, 0.1) is 14.2 Å². The molecule has 23 heavy (non-hydrogen) atoms. The van der Waals surface area contributed by atoms with Gasteiger partial charge < -0.3 is 14.2 Å². The number of methoxy groups -OCH3 is 2. The van der Waals surface area contributed by atoms with Crippen molar-refractivity contribution < 1.29 is 32.2 Å². The number of benzene rings is 1. The number of para-hydroxylation sites is 1. The summed E-state index contributed by atoms with van der Waals surface area (Å²) < 4.78 is 51.0. The van der Waals surface area contributed by atoms with Crippen molar-refractivity contribution in [2.45, 2.75) is 6.36 Å².